The number of hydrogen-bond donors (Lipinski definition) is 0. The zero-order valence-corrected chi connectivity index (χ0v) is 7.07. The van der Waals surface area contributed by atoms with Crippen LogP contribution in [0.25, 0.3) is 0 Å². The van der Waals surface area contributed by atoms with Crippen LogP contribution in [0.15, 0.2) is 0 Å². The molecule has 0 aromatic rings. The van der Waals surface area contributed by atoms with Crippen LogP contribution >= 0.6 is 7.37 Å². The molecule has 0 spiro atoms. The van der Waals surface area contributed by atoms with Crippen molar-refractivity contribution in [3.63, 3.8) is 0 Å². The predicted molar refractivity (Wildman–Crippen MR) is 37.3 cm³/mol. The summed E-state index contributed by atoms with van der Waals surface area (Å²) >= 11 is 0. The Morgan fingerprint density at radius 1 is 1.40 bits per heavy atom. The second-order valence-corrected chi connectivity index (χ2v) is 4.86. The summed E-state index contributed by atoms with van der Waals surface area (Å²) in [5, 5.41) is 0. The molecule has 0 aromatic carbocycles. The maximum absolute atomic E-state index is 11.3. The lowest BCUT2D eigenvalue weighted by Crippen LogP contribution is -2.01. The molecule has 0 atom stereocenters. The van der Waals surface area contributed by atoms with Crippen molar-refractivity contribution in [2.75, 3.05) is 33.4 Å². The Bertz CT molecular complexity index is 122. The second kappa shape index (κ2) is 4.83. The van der Waals surface area contributed by atoms with Gasteiger partial charge in [-0.25, -0.2) is 4.39 Å². The molecule has 0 saturated carbocycles. The van der Waals surface area contributed by atoms with Crippen molar-refractivity contribution in [3.8, 4) is 0 Å². The van der Waals surface area contributed by atoms with E-state index in [2.05, 4.69) is 4.74 Å². The fourth-order valence-electron chi connectivity index (χ4n) is 0.371. The second-order valence-electron chi connectivity index (χ2n) is 2.10. The minimum Gasteiger partial charge on any atom is -0.348 e. The third-order valence-corrected chi connectivity index (χ3v) is 1.51. The highest BCUT2D eigenvalue weighted by atomic mass is 31.2. The summed E-state index contributed by atoms with van der Waals surface area (Å²) in [4.78, 5) is 0. The quantitative estimate of drug-likeness (QED) is 0.463. The number of halogens is 1. The minimum absolute atomic E-state index is 0.155. The van der Waals surface area contributed by atoms with Gasteiger partial charge in [0.25, 0.3) is 0 Å². The van der Waals surface area contributed by atoms with Gasteiger partial charge in [0.1, 0.15) is 0 Å². The largest absolute Gasteiger partial charge is 0.348 e. The van der Waals surface area contributed by atoms with Crippen LogP contribution in [0.4, 0.5) is 4.39 Å². The molecule has 3 nitrogen and oxygen atoms in total. The summed E-state index contributed by atoms with van der Waals surface area (Å²) in [5.41, 5.74) is 0. The van der Waals surface area contributed by atoms with Crippen LogP contribution in [-0.2, 0) is 13.8 Å². The van der Waals surface area contributed by atoms with Crippen molar-refractivity contribution in [2.45, 2.75) is 0 Å². The van der Waals surface area contributed by atoms with Gasteiger partial charge in [0.2, 0.25) is 0 Å². The van der Waals surface area contributed by atoms with Crippen LogP contribution in [0, 0.1) is 0 Å². The lowest BCUT2D eigenvalue weighted by atomic mass is 10.8. The van der Waals surface area contributed by atoms with Crippen LogP contribution in [-0.4, -0.2) is 33.4 Å². The summed E-state index contributed by atoms with van der Waals surface area (Å²) in [5.74, 6) is 0. The van der Waals surface area contributed by atoms with Gasteiger partial charge in [-0.2, -0.15) is 0 Å². The zero-order chi connectivity index (χ0) is 8.04. The Hall–Kier alpha value is 0.0800. The molecule has 0 aliphatic rings. The summed E-state index contributed by atoms with van der Waals surface area (Å²) in [6, 6.07) is 0. The van der Waals surface area contributed by atoms with E-state index < -0.39 is 14.2 Å². The lowest BCUT2D eigenvalue weighted by Gasteiger charge is -2.06. The van der Waals surface area contributed by atoms with E-state index in [9.17, 15) is 8.96 Å². The molecule has 0 unspecified atom stereocenters. The molecule has 0 aliphatic carbocycles. The molecule has 0 radical (unpaired) electrons. The Morgan fingerprint density at radius 3 is 2.40 bits per heavy atom. The van der Waals surface area contributed by atoms with E-state index in [0.29, 0.717) is 0 Å². The summed E-state index contributed by atoms with van der Waals surface area (Å²) in [6.07, 6.45) is 0. The minimum atomic E-state index is -2.41. The standard InChI is InChI=1S/C5H12FO3P/c1-10(2,7)9-4-3-8-5-6/h3-5H2,1-2H3. The van der Waals surface area contributed by atoms with Gasteiger partial charge in [-0.3, -0.25) is 4.57 Å². The Morgan fingerprint density at radius 2 is 2.00 bits per heavy atom. The predicted octanol–water partition coefficient (Wildman–Crippen LogP) is 1.48. The number of ether oxygens (including phenoxy) is 1. The fourth-order valence-corrected chi connectivity index (χ4v) is 0.885. The van der Waals surface area contributed by atoms with E-state index in [0.717, 1.165) is 0 Å². The van der Waals surface area contributed by atoms with E-state index in [1.807, 2.05) is 0 Å². The van der Waals surface area contributed by atoms with Crippen molar-refractivity contribution in [3.05, 3.63) is 0 Å². The third kappa shape index (κ3) is 8.08. The molecule has 0 saturated heterocycles. The van der Waals surface area contributed by atoms with Crippen molar-refractivity contribution >= 4 is 7.37 Å². The van der Waals surface area contributed by atoms with Crippen molar-refractivity contribution < 1.29 is 18.2 Å². The van der Waals surface area contributed by atoms with Gasteiger partial charge in [-0.05, 0) is 0 Å². The molecule has 0 N–H and O–H groups in total. The topological polar surface area (TPSA) is 35.5 Å². The van der Waals surface area contributed by atoms with Crippen LogP contribution in [0.1, 0.15) is 0 Å². The molecule has 0 fully saturated rings. The molecule has 10 heavy (non-hydrogen) atoms. The highest BCUT2D eigenvalue weighted by Crippen LogP contribution is 2.36. The summed E-state index contributed by atoms with van der Waals surface area (Å²) < 4.78 is 31.2. The van der Waals surface area contributed by atoms with Gasteiger partial charge in [0.05, 0.1) is 13.2 Å². The van der Waals surface area contributed by atoms with Crippen molar-refractivity contribution in [2.24, 2.45) is 0 Å². The van der Waals surface area contributed by atoms with Crippen molar-refractivity contribution in [1.29, 1.82) is 0 Å². The molecule has 5 heteroatoms. The molecule has 0 heterocycles. The van der Waals surface area contributed by atoms with Crippen LogP contribution in [0.2, 0.25) is 0 Å². The SMILES string of the molecule is CP(C)(=O)OCCOCF. The van der Waals surface area contributed by atoms with Gasteiger partial charge in [0.15, 0.2) is 14.2 Å². The normalized spacial score (nSPS) is 11.9. The van der Waals surface area contributed by atoms with Gasteiger partial charge in [0, 0.05) is 13.3 Å². The van der Waals surface area contributed by atoms with Crippen LogP contribution < -0.4 is 0 Å². The molecule has 0 rings (SSSR count). The molecular formula is C5H12FO3P. The van der Waals surface area contributed by atoms with E-state index in [4.69, 9.17) is 4.52 Å². The van der Waals surface area contributed by atoms with Gasteiger partial charge < -0.3 is 9.26 Å². The summed E-state index contributed by atoms with van der Waals surface area (Å²) in [6.45, 7) is 2.53. The van der Waals surface area contributed by atoms with Crippen molar-refractivity contribution in [1.82, 2.24) is 0 Å². The third-order valence-electron chi connectivity index (χ3n) is 0.707. The monoisotopic (exact) mass is 170 g/mol. The van der Waals surface area contributed by atoms with Gasteiger partial charge in [-0.1, -0.05) is 0 Å². The lowest BCUT2D eigenvalue weighted by molar-refractivity contribution is 0.0399. The zero-order valence-electron chi connectivity index (χ0n) is 6.17. The molecule has 0 amide bonds. The van der Waals surface area contributed by atoms with E-state index in [1.165, 1.54) is 13.3 Å². The van der Waals surface area contributed by atoms with E-state index in [1.54, 1.807) is 0 Å². The first-order valence-electron chi connectivity index (χ1n) is 2.89. The summed E-state index contributed by atoms with van der Waals surface area (Å²) in [7, 11) is -2.41. The van der Waals surface area contributed by atoms with Gasteiger partial charge >= 0.3 is 0 Å². The highest BCUT2D eigenvalue weighted by Gasteiger charge is 2.04. The first-order valence-corrected chi connectivity index (χ1v) is 5.41. The molecule has 62 valence electrons. The first-order chi connectivity index (χ1) is 4.56. The average molecular weight is 170 g/mol. The number of rotatable bonds is 5. The van der Waals surface area contributed by atoms with E-state index in [-0.39, 0.29) is 13.2 Å². The molecule has 0 aromatic heterocycles. The Labute approximate surface area is 60.0 Å². The van der Waals surface area contributed by atoms with Crippen LogP contribution in [0.5, 0.6) is 0 Å². The van der Waals surface area contributed by atoms with Gasteiger partial charge in [-0.15, -0.1) is 0 Å². The Balaban J connectivity index is 3.13. The van der Waals surface area contributed by atoms with Crippen LogP contribution in [0.3, 0.4) is 0 Å². The maximum Gasteiger partial charge on any atom is 0.197 e. The van der Waals surface area contributed by atoms with E-state index >= 15 is 0 Å². The molecule has 0 aliphatic heterocycles. The molecule has 0 bridgehead atoms. The first kappa shape index (κ1) is 10.1. The number of hydrogen-bond acceptors (Lipinski definition) is 3. The number of alkyl halides is 1. The maximum atomic E-state index is 11.3. The smallest absolute Gasteiger partial charge is 0.197 e. The molecular weight excluding hydrogens is 158 g/mol. The average Bonchev–Trinajstić information content (AvgIpc) is 1.78. The highest BCUT2D eigenvalue weighted by molar-refractivity contribution is 7.57. The Kier molecular flexibility index (Phi) is 4.87. The fraction of sp³-hybridized carbons (Fsp3) is 1.00.